The first-order valence-corrected chi connectivity index (χ1v) is 8.69. The number of halogens is 3. The van der Waals surface area contributed by atoms with Gasteiger partial charge in [-0.3, -0.25) is 5.43 Å². The number of nitriles is 1. The van der Waals surface area contributed by atoms with E-state index in [1.807, 2.05) is 37.3 Å². The van der Waals surface area contributed by atoms with Crippen LogP contribution in [0.4, 0.5) is 18.9 Å². The fourth-order valence-electron chi connectivity index (χ4n) is 2.25. The Morgan fingerprint density at radius 2 is 1.93 bits per heavy atom. The van der Waals surface area contributed by atoms with Crippen molar-refractivity contribution in [2.45, 2.75) is 13.1 Å². The number of nitrogens with one attached hydrogen (secondary N) is 1. The lowest BCUT2D eigenvalue weighted by Gasteiger charge is -2.08. The number of anilines is 1. The monoisotopic (exact) mass is 386 g/mol. The quantitative estimate of drug-likeness (QED) is 0.477. The first kappa shape index (κ1) is 18.6. The van der Waals surface area contributed by atoms with E-state index < -0.39 is 11.7 Å². The summed E-state index contributed by atoms with van der Waals surface area (Å²) < 4.78 is 38.3. The van der Waals surface area contributed by atoms with Crippen molar-refractivity contribution < 1.29 is 13.2 Å². The summed E-state index contributed by atoms with van der Waals surface area (Å²) in [7, 11) is 0. The third-order valence-corrected chi connectivity index (χ3v) is 4.50. The predicted molar refractivity (Wildman–Crippen MR) is 99.5 cm³/mol. The molecule has 0 spiro atoms. The number of hydrogen-bond donors (Lipinski definition) is 1. The standard InChI is InChI=1S/C19H13F3N4S/c1-12-5-7-13(8-6-12)17-11-27-18(24-17)16(10-23)26-25-15-4-2-3-14(9-15)19(20,21)22/h2-9,11,25H,1H3/b26-16+. The molecule has 1 N–H and O–H groups in total. The number of alkyl halides is 3. The van der Waals surface area contributed by atoms with Gasteiger partial charge in [0.2, 0.25) is 0 Å². The molecule has 1 aromatic heterocycles. The van der Waals surface area contributed by atoms with E-state index in [4.69, 9.17) is 0 Å². The van der Waals surface area contributed by atoms with Gasteiger partial charge in [-0.1, -0.05) is 35.9 Å². The van der Waals surface area contributed by atoms with Gasteiger partial charge < -0.3 is 0 Å². The minimum atomic E-state index is -4.45. The SMILES string of the molecule is Cc1ccc(-c2csc(/C(C#N)=N/Nc3cccc(C(F)(F)F)c3)n2)cc1. The number of thiazole rings is 1. The smallest absolute Gasteiger partial charge is 0.277 e. The van der Waals surface area contributed by atoms with Crippen LogP contribution in [0.5, 0.6) is 0 Å². The normalized spacial score (nSPS) is 11.9. The van der Waals surface area contributed by atoms with Crippen LogP contribution in [0, 0.1) is 18.3 Å². The minimum absolute atomic E-state index is 0.00391. The largest absolute Gasteiger partial charge is 0.416 e. The Hall–Kier alpha value is -3.18. The van der Waals surface area contributed by atoms with Gasteiger partial charge in [0.05, 0.1) is 16.9 Å². The molecule has 0 saturated heterocycles. The van der Waals surface area contributed by atoms with Gasteiger partial charge in [0, 0.05) is 10.9 Å². The highest BCUT2D eigenvalue weighted by molar-refractivity contribution is 7.12. The Morgan fingerprint density at radius 1 is 1.19 bits per heavy atom. The van der Waals surface area contributed by atoms with Crippen molar-refractivity contribution in [2.75, 3.05) is 5.43 Å². The summed E-state index contributed by atoms with van der Waals surface area (Å²) in [5.41, 5.74) is 4.57. The molecule has 0 aliphatic heterocycles. The molecule has 0 unspecified atom stereocenters. The Balaban J connectivity index is 1.82. The van der Waals surface area contributed by atoms with Crippen LogP contribution in [0.25, 0.3) is 11.3 Å². The molecule has 0 bridgehead atoms. The van der Waals surface area contributed by atoms with Crippen LogP contribution < -0.4 is 5.43 Å². The van der Waals surface area contributed by atoms with Crippen molar-refractivity contribution >= 4 is 22.7 Å². The van der Waals surface area contributed by atoms with Gasteiger partial charge in [0.1, 0.15) is 6.07 Å². The van der Waals surface area contributed by atoms with Crippen molar-refractivity contribution in [3.8, 4) is 17.3 Å². The summed E-state index contributed by atoms with van der Waals surface area (Å²) in [4.78, 5) is 4.40. The molecule has 3 rings (SSSR count). The van der Waals surface area contributed by atoms with E-state index >= 15 is 0 Å². The maximum Gasteiger partial charge on any atom is 0.416 e. The van der Waals surface area contributed by atoms with Crippen LogP contribution in [0.3, 0.4) is 0 Å². The Labute approximate surface area is 157 Å². The number of hydrazone groups is 1. The molecule has 0 aliphatic carbocycles. The van der Waals surface area contributed by atoms with Gasteiger partial charge in [-0.2, -0.15) is 23.5 Å². The molecule has 27 heavy (non-hydrogen) atoms. The Kier molecular flexibility index (Phi) is 5.23. The van der Waals surface area contributed by atoms with Crippen molar-refractivity contribution in [2.24, 2.45) is 5.10 Å². The zero-order chi connectivity index (χ0) is 19.4. The average molecular weight is 386 g/mol. The van der Waals surface area contributed by atoms with Crippen LogP contribution in [0.2, 0.25) is 0 Å². The number of nitrogens with zero attached hydrogens (tertiary/aromatic N) is 3. The average Bonchev–Trinajstić information content (AvgIpc) is 3.12. The van der Waals surface area contributed by atoms with E-state index in [1.54, 1.807) is 5.38 Å². The van der Waals surface area contributed by atoms with Crippen molar-refractivity contribution in [3.05, 3.63) is 70.0 Å². The maximum atomic E-state index is 12.8. The minimum Gasteiger partial charge on any atom is -0.277 e. The lowest BCUT2D eigenvalue weighted by Crippen LogP contribution is -2.06. The molecular formula is C19H13F3N4S. The van der Waals surface area contributed by atoms with E-state index in [-0.39, 0.29) is 11.4 Å². The molecule has 0 fully saturated rings. The van der Waals surface area contributed by atoms with Gasteiger partial charge >= 0.3 is 6.18 Å². The van der Waals surface area contributed by atoms with Gasteiger partial charge in [0.15, 0.2) is 10.7 Å². The van der Waals surface area contributed by atoms with Crippen molar-refractivity contribution in [1.29, 1.82) is 5.26 Å². The summed E-state index contributed by atoms with van der Waals surface area (Å²) in [6.07, 6.45) is -4.45. The predicted octanol–water partition coefficient (Wildman–Crippen LogP) is 5.48. The van der Waals surface area contributed by atoms with E-state index in [1.165, 1.54) is 23.5 Å². The second-order valence-electron chi connectivity index (χ2n) is 5.67. The summed E-state index contributed by atoms with van der Waals surface area (Å²) in [6.45, 7) is 1.98. The fourth-order valence-corrected chi connectivity index (χ4v) is 3.01. The van der Waals surface area contributed by atoms with Crippen LogP contribution >= 0.6 is 11.3 Å². The van der Waals surface area contributed by atoms with Crippen LogP contribution in [-0.4, -0.2) is 10.7 Å². The maximum absolute atomic E-state index is 12.8. The second-order valence-corrected chi connectivity index (χ2v) is 6.52. The summed E-state index contributed by atoms with van der Waals surface area (Å²) in [5.74, 6) is 0. The van der Waals surface area contributed by atoms with Crippen LogP contribution in [-0.2, 0) is 6.18 Å². The van der Waals surface area contributed by atoms with Gasteiger partial charge in [-0.25, -0.2) is 4.98 Å². The molecule has 0 aliphatic rings. The molecule has 0 atom stereocenters. The summed E-state index contributed by atoms with van der Waals surface area (Å²) >= 11 is 1.24. The topological polar surface area (TPSA) is 61.1 Å². The number of aryl methyl sites for hydroxylation is 1. The molecule has 2 aromatic carbocycles. The molecular weight excluding hydrogens is 373 g/mol. The lowest BCUT2D eigenvalue weighted by molar-refractivity contribution is -0.137. The second kappa shape index (κ2) is 7.60. The van der Waals surface area contributed by atoms with E-state index in [9.17, 15) is 18.4 Å². The van der Waals surface area contributed by atoms with Crippen molar-refractivity contribution in [3.63, 3.8) is 0 Å². The highest BCUT2D eigenvalue weighted by Crippen LogP contribution is 2.30. The Bertz CT molecular complexity index is 1010. The molecule has 0 saturated carbocycles. The molecule has 0 amide bonds. The van der Waals surface area contributed by atoms with E-state index in [0.717, 1.165) is 23.3 Å². The highest BCUT2D eigenvalue weighted by atomic mass is 32.1. The summed E-state index contributed by atoms with van der Waals surface area (Å²) in [6, 6.07) is 14.3. The molecule has 3 aromatic rings. The molecule has 136 valence electrons. The third-order valence-electron chi connectivity index (χ3n) is 3.65. The molecule has 4 nitrogen and oxygen atoms in total. The van der Waals surface area contributed by atoms with Gasteiger partial charge in [-0.05, 0) is 25.1 Å². The van der Waals surface area contributed by atoms with Crippen LogP contribution in [0.15, 0.2) is 59.0 Å². The van der Waals surface area contributed by atoms with Gasteiger partial charge in [0.25, 0.3) is 0 Å². The van der Waals surface area contributed by atoms with Crippen LogP contribution in [0.1, 0.15) is 16.1 Å². The van der Waals surface area contributed by atoms with Gasteiger partial charge in [-0.15, -0.1) is 11.3 Å². The van der Waals surface area contributed by atoms with E-state index in [0.29, 0.717) is 10.7 Å². The highest BCUT2D eigenvalue weighted by Gasteiger charge is 2.30. The zero-order valence-corrected chi connectivity index (χ0v) is 14.9. The number of benzene rings is 2. The number of rotatable bonds is 4. The number of hydrogen-bond acceptors (Lipinski definition) is 5. The van der Waals surface area contributed by atoms with E-state index in [2.05, 4.69) is 15.5 Å². The number of aromatic nitrogens is 1. The lowest BCUT2D eigenvalue weighted by atomic mass is 10.1. The summed E-state index contributed by atoms with van der Waals surface area (Å²) in [5, 5.41) is 15.4. The third kappa shape index (κ3) is 4.51. The fraction of sp³-hybridized carbons (Fsp3) is 0.105. The first-order valence-electron chi connectivity index (χ1n) is 7.81. The van der Waals surface area contributed by atoms with Crippen molar-refractivity contribution in [1.82, 2.24) is 4.98 Å². The molecule has 0 radical (unpaired) electrons. The first-order chi connectivity index (χ1) is 12.9. The molecule has 1 heterocycles. The zero-order valence-electron chi connectivity index (χ0n) is 14.1. The Morgan fingerprint density at radius 3 is 2.59 bits per heavy atom. The molecule has 8 heteroatoms.